The Kier molecular flexibility index (Phi) is 3.05. The Balaban J connectivity index is 2.55. The number of carbonyl (C=O) groups is 1. The zero-order valence-corrected chi connectivity index (χ0v) is 7.74. The molecule has 2 unspecified atom stereocenters. The molecule has 1 aliphatic rings. The number of amides is 1. The van der Waals surface area contributed by atoms with Crippen LogP contribution in [-0.2, 0) is 14.3 Å². The van der Waals surface area contributed by atoms with Gasteiger partial charge in [-0.3, -0.25) is 4.79 Å². The summed E-state index contributed by atoms with van der Waals surface area (Å²) in [5.74, 6) is 0.0487. The normalized spacial score (nSPS) is 28.9. The maximum Gasteiger partial charge on any atom is 0.219 e. The number of methoxy groups -OCH3 is 1. The maximum absolute atomic E-state index is 11.0. The molecular formula is C8H15NO3. The number of ether oxygens (including phenoxy) is 2. The van der Waals surface area contributed by atoms with Gasteiger partial charge in [-0.05, 0) is 0 Å². The summed E-state index contributed by atoms with van der Waals surface area (Å²) in [6, 6.07) is 0.0764. The smallest absolute Gasteiger partial charge is 0.219 e. The van der Waals surface area contributed by atoms with Crippen LogP contribution in [0, 0.1) is 0 Å². The summed E-state index contributed by atoms with van der Waals surface area (Å²) in [4.78, 5) is 12.7. The maximum atomic E-state index is 11.0. The van der Waals surface area contributed by atoms with Crippen LogP contribution in [0.15, 0.2) is 0 Å². The average Bonchev–Trinajstić information content (AvgIpc) is 2.49. The highest BCUT2D eigenvalue weighted by atomic mass is 16.5. The van der Waals surface area contributed by atoms with Gasteiger partial charge in [0.2, 0.25) is 5.91 Å². The van der Waals surface area contributed by atoms with Crippen molar-refractivity contribution in [2.75, 3.05) is 27.4 Å². The van der Waals surface area contributed by atoms with Crippen LogP contribution in [0.3, 0.4) is 0 Å². The summed E-state index contributed by atoms with van der Waals surface area (Å²) >= 11 is 0. The lowest BCUT2D eigenvalue weighted by Crippen LogP contribution is -2.43. The average molecular weight is 173 g/mol. The topological polar surface area (TPSA) is 38.8 Å². The number of hydrogen-bond donors (Lipinski definition) is 0. The van der Waals surface area contributed by atoms with Crippen molar-refractivity contribution in [1.82, 2.24) is 4.90 Å². The van der Waals surface area contributed by atoms with E-state index in [0.29, 0.717) is 13.2 Å². The molecule has 4 heteroatoms. The van der Waals surface area contributed by atoms with Crippen molar-refractivity contribution in [3.8, 4) is 0 Å². The summed E-state index contributed by atoms with van der Waals surface area (Å²) in [5, 5.41) is 0. The van der Waals surface area contributed by atoms with Crippen LogP contribution in [0.1, 0.15) is 6.92 Å². The molecule has 0 bridgehead atoms. The third kappa shape index (κ3) is 1.76. The van der Waals surface area contributed by atoms with Gasteiger partial charge in [-0.1, -0.05) is 0 Å². The van der Waals surface area contributed by atoms with Crippen LogP contribution < -0.4 is 0 Å². The van der Waals surface area contributed by atoms with Crippen LogP contribution in [0.4, 0.5) is 0 Å². The van der Waals surface area contributed by atoms with E-state index < -0.39 is 0 Å². The third-order valence-corrected chi connectivity index (χ3v) is 2.30. The second-order valence-corrected chi connectivity index (χ2v) is 3.01. The second-order valence-electron chi connectivity index (χ2n) is 3.01. The molecule has 2 atom stereocenters. The number of carbonyl (C=O) groups excluding carboxylic acids is 1. The Morgan fingerprint density at radius 2 is 2.25 bits per heavy atom. The first-order valence-electron chi connectivity index (χ1n) is 4.00. The second kappa shape index (κ2) is 3.87. The molecule has 4 nitrogen and oxygen atoms in total. The lowest BCUT2D eigenvalue weighted by Gasteiger charge is -2.25. The van der Waals surface area contributed by atoms with Gasteiger partial charge in [-0.25, -0.2) is 0 Å². The first-order valence-corrected chi connectivity index (χ1v) is 4.00. The fraction of sp³-hybridized carbons (Fsp3) is 0.875. The summed E-state index contributed by atoms with van der Waals surface area (Å²) in [7, 11) is 3.41. The number of nitrogens with zero attached hydrogens (tertiary/aromatic N) is 1. The minimum atomic E-state index is 0.0268. The highest BCUT2D eigenvalue weighted by Gasteiger charge is 2.32. The molecule has 1 rings (SSSR count). The van der Waals surface area contributed by atoms with Gasteiger partial charge >= 0.3 is 0 Å². The highest BCUT2D eigenvalue weighted by Crippen LogP contribution is 2.14. The molecule has 0 aromatic rings. The van der Waals surface area contributed by atoms with E-state index in [2.05, 4.69) is 0 Å². The molecule has 0 N–H and O–H groups in total. The molecule has 1 heterocycles. The Morgan fingerprint density at radius 3 is 2.75 bits per heavy atom. The van der Waals surface area contributed by atoms with Crippen LogP contribution in [0.2, 0.25) is 0 Å². The van der Waals surface area contributed by atoms with Crippen molar-refractivity contribution < 1.29 is 14.3 Å². The number of likely N-dealkylation sites (N-methyl/N-ethyl adjacent to an activating group) is 1. The SMILES string of the molecule is COC1COCC1N(C)C(C)=O. The molecule has 1 saturated heterocycles. The lowest BCUT2D eigenvalue weighted by molar-refractivity contribution is -0.131. The molecule has 1 amide bonds. The Labute approximate surface area is 72.4 Å². The minimum Gasteiger partial charge on any atom is -0.377 e. The highest BCUT2D eigenvalue weighted by molar-refractivity contribution is 5.73. The van der Waals surface area contributed by atoms with Crippen LogP contribution in [0.25, 0.3) is 0 Å². The molecule has 1 aliphatic heterocycles. The number of rotatable bonds is 2. The molecule has 0 spiro atoms. The Bertz CT molecular complexity index is 172. The quantitative estimate of drug-likeness (QED) is 0.584. The van der Waals surface area contributed by atoms with Crippen LogP contribution in [0.5, 0.6) is 0 Å². The molecule has 0 aromatic carbocycles. The van der Waals surface area contributed by atoms with Crippen LogP contribution >= 0.6 is 0 Å². The van der Waals surface area contributed by atoms with Gasteiger partial charge in [0.25, 0.3) is 0 Å². The fourth-order valence-electron chi connectivity index (χ4n) is 1.34. The molecule has 0 aromatic heterocycles. The summed E-state index contributed by atoms with van der Waals surface area (Å²) in [6.07, 6.45) is 0.0268. The van der Waals surface area contributed by atoms with Crippen molar-refractivity contribution in [3.05, 3.63) is 0 Å². The van der Waals surface area contributed by atoms with Gasteiger partial charge in [-0.2, -0.15) is 0 Å². The Morgan fingerprint density at radius 1 is 1.58 bits per heavy atom. The first-order chi connectivity index (χ1) is 5.66. The van der Waals surface area contributed by atoms with Crippen molar-refractivity contribution >= 4 is 5.91 Å². The molecule has 0 saturated carbocycles. The van der Waals surface area contributed by atoms with Crippen LogP contribution in [-0.4, -0.2) is 50.3 Å². The third-order valence-electron chi connectivity index (χ3n) is 2.30. The molecular weight excluding hydrogens is 158 g/mol. The van der Waals surface area contributed by atoms with E-state index in [1.165, 1.54) is 0 Å². The van der Waals surface area contributed by atoms with Gasteiger partial charge in [0.05, 0.1) is 19.3 Å². The van der Waals surface area contributed by atoms with Gasteiger partial charge in [0, 0.05) is 21.1 Å². The van der Waals surface area contributed by atoms with E-state index in [-0.39, 0.29) is 18.1 Å². The van der Waals surface area contributed by atoms with E-state index in [0.717, 1.165) is 0 Å². The zero-order chi connectivity index (χ0) is 9.14. The molecule has 70 valence electrons. The van der Waals surface area contributed by atoms with Crippen molar-refractivity contribution in [1.29, 1.82) is 0 Å². The van der Waals surface area contributed by atoms with Gasteiger partial charge < -0.3 is 14.4 Å². The van der Waals surface area contributed by atoms with E-state index in [4.69, 9.17) is 9.47 Å². The van der Waals surface area contributed by atoms with E-state index >= 15 is 0 Å². The summed E-state index contributed by atoms with van der Waals surface area (Å²) < 4.78 is 10.4. The van der Waals surface area contributed by atoms with Crippen molar-refractivity contribution in [2.45, 2.75) is 19.1 Å². The fourth-order valence-corrected chi connectivity index (χ4v) is 1.34. The minimum absolute atomic E-state index is 0.0268. The molecule has 1 fully saturated rings. The molecule has 0 radical (unpaired) electrons. The molecule has 0 aliphatic carbocycles. The first kappa shape index (κ1) is 9.48. The predicted octanol–water partition coefficient (Wildman–Crippen LogP) is -0.121. The standard InChI is InChI=1S/C8H15NO3/c1-6(10)9(2)7-4-12-5-8(7)11-3/h7-8H,4-5H2,1-3H3. The van der Waals surface area contributed by atoms with E-state index in [1.54, 1.807) is 26.0 Å². The van der Waals surface area contributed by atoms with E-state index in [1.807, 2.05) is 0 Å². The van der Waals surface area contributed by atoms with Crippen molar-refractivity contribution in [2.24, 2.45) is 0 Å². The summed E-state index contributed by atoms with van der Waals surface area (Å²) in [5.41, 5.74) is 0. The number of hydrogen-bond acceptors (Lipinski definition) is 3. The Hall–Kier alpha value is -0.610. The monoisotopic (exact) mass is 173 g/mol. The van der Waals surface area contributed by atoms with Crippen molar-refractivity contribution in [3.63, 3.8) is 0 Å². The summed E-state index contributed by atoms with van der Waals surface area (Å²) in [6.45, 7) is 2.71. The van der Waals surface area contributed by atoms with Gasteiger partial charge in [0.1, 0.15) is 6.10 Å². The zero-order valence-electron chi connectivity index (χ0n) is 7.74. The predicted molar refractivity (Wildman–Crippen MR) is 43.8 cm³/mol. The van der Waals surface area contributed by atoms with Gasteiger partial charge in [0.15, 0.2) is 0 Å². The largest absolute Gasteiger partial charge is 0.377 e. The van der Waals surface area contributed by atoms with E-state index in [9.17, 15) is 4.79 Å². The molecule has 12 heavy (non-hydrogen) atoms. The van der Waals surface area contributed by atoms with Gasteiger partial charge in [-0.15, -0.1) is 0 Å². The lowest BCUT2D eigenvalue weighted by atomic mass is 10.2.